The summed E-state index contributed by atoms with van der Waals surface area (Å²) in [5.74, 6) is 4.97. The quantitative estimate of drug-likeness (QED) is 0.349. The number of fused-ring (bicyclic) bond motifs is 5. The molecule has 0 bridgehead atoms. The fraction of sp³-hybridized carbons (Fsp3) is 0.960. The Bertz CT molecular complexity index is 628. The van der Waals surface area contributed by atoms with Crippen LogP contribution in [-0.2, 0) is 4.79 Å². The lowest BCUT2D eigenvalue weighted by atomic mass is 9.56. The van der Waals surface area contributed by atoms with Crippen LogP contribution in [-0.4, -0.2) is 20.4 Å². The Balaban J connectivity index is 1.59. The number of aliphatic hydroxyl groups is 1. The molecule has 28 heavy (non-hydrogen) atoms. The Morgan fingerprint density at radius 3 is 2.36 bits per heavy atom. The highest BCUT2D eigenvalue weighted by molar-refractivity contribution is 14.1. The molecule has 1 N–H and O–H groups in total. The van der Waals surface area contributed by atoms with Crippen LogP contribution in [0.2, 0.25) is 0 Å². The second kappa shape index (κ2) is 7.21. The minimum Gasteiger partial charge on any atom is -0.393 e. The number of carbonyl (C=O) groups excluding carboxylic acids is 1. The molecule has 0 amide bonds. The number of Topliss-reactive ketones (excluding diaryl/α,β-unsaturated/α-hetero) is 1. The molecule has 4 fully saturated rings. The average molecular weight is 501 g/mol. The lowest BCUT2D eigenvalue weighted by molar-refractivity contribution is -0.117. The number of rotatable bonds is 5. The fourth-order valence-corrected chi connectivity index (χ4v) is 10.4. The van der Waals surface area contributed by atoms with Crippen LogP contribution >= 0.6 is 22.6 Å². The summed E-state index contributed by atoms with van der Waals surface area (Å²) in [4.78, 5) is 11.6. The number of hydrogen-bond acceptors (Lipinski definition) is 2. The second-order valence-corrected chi connectivity index (χ2v) is 14.0. The van der Waals surface area contributed by atoms with Crippen LogP contribution in [0.4, 0.5) is 0 Å². The first kappa shape index (κ1) is 21.6. The SMILES string of the molecule is CC(=O)CC[C@H](C)C12CC1C1CCC3(C)C(C(C)O)CCC3C1CC[C@]2(C)I. The normalized spacial score (nSPS) is 52.0. The van der Waals surface area contributed by atoms with E-state index in [-0.39, 0.29) is 6.10 Å². The third-order valence-electron chi connectivity index (χ3n) is 10.5. The Morgan fingerprint density at radius 1 is 1.07 bits per heavy atom. The number of ketones is 1. The van der Waals surface area contributed by atoms with E-state index in [2.05, 4.69) is 43.4 Å². The molecule has 0 aliphatic heterocycles. The van der Waals surface area contributed by atoms with Gasteiger partial charge in [-0.3, -0.25) is 0 Å². The van der Waals surface area contributed by atoms with Crippen LogP contribution in [0, 0.1) is 46.3 Å². The summed E-state index contributed by atoms with van der Waals surface area (Å²) in [5.41, 5.74) is 0.817. The number of alkyl halides is 1. The topological polar surface area (TPSA) is 37.3 Å². The highest BCUT2D eigenvalue weighted by atomic mass is 127. The average Bonchev–Trinajstić information content (AvgIpc) is 3.28. The molecule has 10 atom stereocenters. The molecule has 0 radical (unpaired) electrons. The fourth-order valence-electron chi connectivity index (χ4n) is 8.93. The summed E-state index contributed by atoms with van der Waals surface area (Å²) in [6.45, 7) is 11.3. The molecule has 3 heteroatoms. The van der Waals surface area contributed by atoms with Crippen LogP contribution in [0.1, 0.15) is 92.4 Å². The van der Waals surface area contributed by atoms with Crippen LogP contribution in [0.25, 0.3) is 0 Å². The van der Waals surface area contributed by atoms with Crippen LogP contribution in [0.15, 0.2) is 0 Å². The Labute approximate surface area is 186 Å². The van der Waals surface area contributed by atoms with Crippen LogP contribution in [0.5, 0.6) is 0 Å². The van der Waals surface area contributed by atoms with E-state index in [0.717, 1.165) is 36.5 Å². The predicted octanol–water partition coefficient (Wildman–Crippen LogP) is 6.43. The van der Waals surface area contributed by atoms with Gasteiger partial charge < -0.3 is 9.90 Å². The van der Waals surface area contributed by atoms with E-state index in [9.17, 15) is 9.90 Å². The van der Waals surface area contributed by atoms with Gasteiger partial charge in [0.1, 0.15) is 5.78 Å². The number of aliphatic hydroxyl groups excluding tert-OH is 1. The molecule has 2 nitrogen and oxygen atoms in total. The molecule has 0 saturated heterocycles. The lowest BCUT2D eigenvalue weighted by Crippen LogP contribution is -2.44. The van der Waals surface area contributed by atoms with Gasteiger partial charge in [-0.2, -0.15) is 0 Å². The smallest absolute Gasteiger partial charge is 0.129 e. The van der Waals surface area contributed by atoms with Gasteiger partial charge in [0.25, 0.3) is 0 Å². The van der Waals surface area contributed by atoms with Gasteiger partial charge in [0, 0.05) is 9.84 Å². The number of halogens is 1. The molecule has 4 aliphatic carbocycles. The summed E-state index contributed by atoms with van der Waals surface area (Å²) in [5, 5.41) is 10.4. The van der Waals surface area contributed by atoms with E-state index in [1.165, 1.54) is 44.9 Å². The van der Waals surface area contributed by atoms with Gasteiger partial charge in [0.05, 0.1) is 6.10 Å². The van der Waals surface area contributed by atoms with Crippen LogP contribution in [0.3, 0.4) is 0 Å². The van der Waals surface area contributed by atoms with Crippen molar-refractivity contribution < 1.29 is 9.90 Å². The maximum Gasteiger partial charge on any atom is 0.129 e. The van der Waals surface area contributed by atoms with Gasteiger partial charge in [0.15, 0.2) is 0 Å². The molecular formula is C25H41IO2. The van der Waals surface area contributed by atoms with Gasteiger partial charge in [-0.1, -0.05) is 36.4 Å². The first-order chi connectivity index (χ1) is 13.0. The van der Waals surface area contributed by atoms with Crippen molar-refractivity contribution in [2.24, 2.45) is 46.3 Å². The molecule has 4 saturated carbocycles. The van der Waals surface area contributed by atoms with Crippen molar-refractivity contribution in [1.82, 2.24) is 0 Å². The summed E-state index contributed by atoms with van der Waals surface area (Å²) >= 11 is 2.81. The van der Waals surface area contributed by atoms with Crippen molar-refractivity contribution in [3.05, 3.63) is 0 Å². The number of hydrogen-bond donors (Lipinski definition) is 1. The molecule has 0 aromatic rings. The summed E-state index contributed by atoms with van der Waals surface area (Å²) < 4.78 is 0.363. The highest BCUT2D eigenvalue weighted by Crippen LogP contribution is 2.77. The molecule has 0 aromatic carbocycles. The monoisotopic (exact) mass is 500 g/mol. The third-order valence-corrected chi connectivity index (χ3v) is 12.0. The maximum absolute atomic E-state index is 11.6. The van der Waals surface area contributed by atoms with Gasteiger partial charge in [-0.25, -0.2) is 0 Å². The van der Waals surface area contributed by atoms with Gasteiger partial charge in [0.2, 0.25) is 0 Å². The van der Waals surface area contributed by atoms with E-state index < -0.39 is 0 Å². The molecule has 0 aromatic heterocycles. The lowest BCUT2D eigenvalue weighted by Gasteiger charge is -2.49. The summed E-state index contributed by atoms with van der Waals surface area (Å²) in [6, 6.07) is 0. The van der Waals surface area contributed by atoms with Crippen molar-refractivity contribution in [2.75, 3.05) is 0 Å². The van der Waals surface area contributed by atoms with E-state index in [0.29, 0.717) is 31.9 Å². The van der Waals surface area contributed by atoms with E-state index >= 15 is 0 Å². The number of carbonyl (C=O) groups is 1. The van der Waals surface area contributed by atoms with Crippen molar-refractivity contribution >= 4 is 28.4 Å². The largest absolute Gasteiger partial charge is 0.393 e. The highest BCUT2D eigenvalue weighted by Gasteiger charge is 2.71. The van der Waals surface area contributed by atoms with E-state index in [1.807, 2.05) is 6.92 Å². The molecular weight excluding hydrogens is 459 g/mol. The zero-order valence-electron chi connectivity index (χ0n) is 18.6. The second-order valence-electron chi connectivity index (χ2n) is 11.6. The zero-order chi connectivity index (χ0) is 20.5. The Hall–Kier alpha value is 0.360. The Kier molecular flexibility index (Phi) is 5.56. The van der Waals surface area contributed by atoms with Gasteiger partial charge in [-0.05, 0) is 118 Å². The van der Waals surface area contributed by atoms with E-state index in [1.54, 1.807) is 6.92 Å². The van der Waals surface area contributed by atoms with E-state index in [4.69, 9.17) is 0 Å². The Morgan fingerprint density at radius 2 is 1.71 bits per heavy atom. The third kappa shape index (κ3) is 3.07. The molecule has 160 valence electrons. The minimum atomic E-state index is -0.154. The summed E-state index contributed by atoms with van der Waals surface area (Å²) in [7, 11) is 0. The first-order valence-corrected chi connectivity index (χ1v) is 13.0. The predicted molar refractivity (Wildman–Crippen MR) is 123 cm³/mol. The van der Waals surface area contributed by atoms with Crippen LogP contribution < -0.4 is 0 Å². The van der Waals surface area contributed by atoms with Gasteiger partial charge >= 0.3 is 0 Å². The van der Waals surface area contributed by atoms with Crippen molar-refractivity contribution in [2.45, 2.75) is 102 Å². The molecule has 4 aliphatic rings. The standard InChI is InChI=1S/C25H41IO2/c1-15(6-7-16(2)27)25-14-22(25)19-10-12-23(4)20(17(3)28)8-9-21(23)18(19)11-13-24(25,5)26/h15,17-22,28H,6-14H2,1-5H3/t15-,17?,18?,19?,20?,21?,22?,23?,24-,25?/m0/s1. The van der Waals surface area contributed by atoms with Crippen molar-refractivity contribution in [1.29, 1.82) is 0 Å². The summed E-state index contributed by atoms with van der Waals surface area (Å²) in [6.07, 6.45) is 11.1. The zero-order valence-corrected chi connectivity index (χ0v) is 20.8. The molecule has 4 rings (SSSR count). The van der Waals surface area contributed by atoms with Crippen molar-refractivity contribution in [3.8, 4) is 0 Å². The first-order valence-electron chi connectivity index (χ1n) is 11.9. The molecule has 0 spiro atoms. The van der Waals surface area contributed by atoms with Crippen molar-refractivity contribution in [3.63, 3.8) is 0 Å². The van der Waals surface area contributed by atoms with Gasteiger partial charge in [-0.15, -0.1) is 0 Å². The molecule has 0 heterocycles. The molecule has 8 unspecified atom stereocenters. The maximum atomic E-state index is 11.6. The minimum absolute atomic E-state index is 0.154.